The molecule has 0 bridgehead atoms. The molecule has 5 nitrogen and oxygen atoms in total. The Morgan fingerprint density at radius 1 is 1.29 bits per heavy atom. The Hall–Kier alpha value is -2.32. The molecule has 21 heavy (non-hydrogen) atoms. The summed E-state index contributed by atoms with van der Waals surface area (Å²) in [7, 11) is 0. The van der Waals surface area contributed by atoms with Crippen molar-refractivity contribution >= 4 is 29.1 Å². The highest BCUT2D eigenvalue weighted by Gasteiger charge is 2.06. The fourth-order valence-corrected chi connectivity index (χ4v) is 1.98. The van der Waals surface area contributed by atoms with E-state index >= 15 is 0 Å². The molecule has 2 rings (SSSR count). The summed E-state index contributed by atoms with van der Waals surface area (Å²) in [4.78, 5) is 8.71. The molecule has 0 aliphatic rings. The summed E-state index contributed by atoms with van der Waals surface area (Å²) in [5.74, 6) is 1.19. The van der Waals surface area contributed by atoms with Crippen molar-refractivity contribution in [1.29, 1.82) is 5.26 Å². The number of halogens is 1. The Balaban J connectivity index is 2.29. The first kappa shape index (κ1) is 15.1. The number of hydrogen-bond acceptors (Lipinski definition) is 5. The maximum absolute atomic E-state index is 9.13. The number of aromatic nitrogens is 2. The minimum Gasteiger partial charge on any atom is -0.354 e. The molecule has 108 valence electrons. The number of nitriles is 1. The van der Waals surface area contributed by atoms with Crippen LogP contribution in [0, 0.1) is 18.3 Å². The number of hydrogen-bond donors (Lipinski definition) is 2. The van der Waals surface area contributed by atoms with Gasteiger partial charge in [0.15, 0.2) is 0 Å². The molecule has 0 aliphatic carbocycles. The Morgan fingerprint density at radius 3 is 2.81 bits per heavy atom. The van der Waals surface area contributed by atoms with Crippen molar-refractivity contribution in [2.75, 3.05) is 17.2 Å². The molecule has 1 aromatic carbocycles. The predicted molar refractivity (Wildman–Crippen MR) is 85.0 cm³/mol. The molecule has 0 fully saturated rings. The number of rotatable bonds is 5. The standard InChI is InChI=1S/C15H16ClN5/c1-3-6-18-15-19-10(2)7-14(21-15)20-13-8-12(16)5-4-11(13)9-17/h4-5,7-8H,3,6H2,1-2H3,(H2,18,19,20,21). The molecule has 0 unspecified atom stereocenters. The summed E-state index contributed by atoms with van der Waals surface area (Å²) in [6, 6.07) is 9.01. The minimum absolute atomic E-state index is 0.513. The lowest BCUT2D eigenvalue weighted by molar-refractivity contribution is 0.947. The summed E-state index contributed by atoms with van der Waals surface area (Å²) in [6.07, 6.45) is 0.993. The first-order chi connectivity index (χ1) is 10.1. The van der Waals surface area contributed by atoms with Gasteiger partial charge < -0.3 is 10.6 Å². The molecular formula is C15H16ClN5. The highest BCUT2D eigenvalue weighted by Crippen LogP contribution is 2.24. The number of nitrogens with zero attached hydrogens (tertiary/aromatic N) is 3. The van der Waals surface area contributed by atoms with Crippen LogP contribution in [0.5, 0.6) is 0 Å². The average Bonchev–Trinajstić information content (AvgIpc) is 2.45. The molecule has 0 saturated carbocycles. The van der Waals surface area contributed by atoms with Gasteiger partial charge in [0.05, 0.1) is 11.3 Å². The topological polar surface area (TPSA) is 73.6 Å². The van der Waals surface area contributed by atoms with E-state index in [4.69, 9.17) is 16.9 Å². The van der Waals surface area contributed by atoms with Crippen LogP contribution in [0.4, 0.5) is 17.5 Å². The van der Waals surface area contributed by atoms with Crippen LogP contribution in [0.3, 0.4) is 0 Å². The Kier molecular flexibility index (Phi) is 4.96. The Morgan fingerprint density at radius 2 is 2.10 bits per heavy atom. The van der Waals surface area contributed by atoms with E-state index in [0.29, 0.717) is 28.0 Å². The molecule has 1 heterocycles. The van der Waals surface area contributed by atoms with Gasteiger partial charge in [-0.05, 0) is 31.5 Å². The van der Waals surface area contributed by atoms with Gasteiger partial charge in [-0.3, -0.25) is 0 Å². The van der Waals surface area contributed by atoms with Gasteiger partial charge in [-0.2, -0.15) is 10.2 Å². The van der Waals surface area contributed by atoms with Gasteiger partial charge in [0.1, 0.15) is 11.9 Å². The van der Waals surface area contributed by atoms with Crippen LogP contribution < -0.4 is 10.6 Å². The highest BCUT2D eigenvalue weighted by molar-refractivity contribution is 6.30. The van der Waals surface area contributed by atoms with Crippen LogP contribution in [0.1, 0.15) is 24.6 Å². The third kappa shape index (κ3) is 4.07. The maximum atomic E-state index is 9.13. The van der Waals surface area contributed by atoms with E-state index < -0.39 is 0 Å². The van der Waals surface area contributed by atoms with E-state index in [9.17, 15) is 0 Å². The van der Waals surface area contributed by atoms with E-state index in [1.165, 1.54) is 0 Å². The van der Waals surface area contributed by atoms with E-state index in [-0.39, 0.29) is 0 Å². The quantitative estimate of drug-likeness (QED) is 0.877. The largest absolute Gasteiger partial charge is 0.354 e. The molecule has 0 spiro atoms. The van der Waals surface area contributed by atoms with Gasteiger partial charge in [-0.25, -0.2) is 4.98 Å². The van der Waals surface area contributed by atoms with E-state index in [2.05, 4.69) is 33.6 Å². The van der Waals surface area contributed by atoms with Crippen molar-refractivity contribution in [3.63, 3.8) is 0 Å². The van der Waals surface area contributed by atoms with Crippen LogP contribution in [0.2, 0.25) is 5.02 Å². The van der Waals surface area contributed by atoms with Crippen LogP contribution in [-0.2, 0) is 0 Å². The van der Waals surface area contributed by atoms with Crippen LogP contribution in [-0.4, -0.2) is 16.5 Å². The molecule has 0 saturated heterocycles. The van der Waals surface area contributed by atoms with Gasteiger partial charge in [-0.15, -0.1) is 0 Å². The second kappa shape index (κ2) is 6.91. The summed E-state index contributed by atoms with van der Waals surface area (Å²) in [5, 5.41) is 16.0. The smallest absolute Gasteiger partial charge is 0.224 e. The van der Waals surface area contributed by atoms with Crippen LogP contribution in [0.25, 0.3) is 0 Å². The van der Waals surface area contributed by atoms with Gasteiger partial charge >= 0.3 is 0 Å². The number of anilines is 3. The van der Waals surface area contributed by atoms with E-state index in [0.717, 1.165) is 18.7 Å². The zero-order valence-electron chi connectivity index (χ0n) is 11.9. The molecule has 2 aromatic rings. The maximum Gasteiger partial charge on any atom is 0.224 e. The predicted octanol–water partition coefficient (Wildman–Crippen LogP) is 3.88. The summed E-state index contributed by atoms with van der Waals surface area (Å²) < 4.78 is 0. The molecule has 1 aromatic heterocycles. The number of nitrogens with one attached hydrogen (secondary N) is 2. The molecule has 6 heteroatoms. The van der Waals surface area contributed by atoms with Crippen LogP contribution in [0.15, 0.2) is 24.3 Å². The lowest BCUT2D eigenvalue weighted by Crippen LogP contribution is -2.07. The van der Waals surface area contributed by atoms with Crippen molar-refractivity contribution in [2.45, 2.75) is 20.3 Å². The Labute approximate surface area is 129 Å². The lowest BCUT2D eigenvalue weighted by Gasteiger charge is -2.10. The molecule has 2 N–H and O–H groups in total. The summed E-state index contributed by atoms with van der Waals surface area (Å²) in [5.41, 5.74) is 1.98. The fraction of sp³-hybridized carbons (Fsp3) is 0.267. The molecule has 0 atom stereocenters. The number of aryl methyl sites for hydroxylation is 1. The molecule has 0 aliphatic heterocycles. The van der Waals surface area contributed by atoms with E-state index in [1.807, 2.05) is 13.0 Å². The summed E-state index contributed by atoms with van der Waals surface area (Å²) >= 11 is 5.98. The van der Waals surface area contributed by atoms with Crippen molar-refractivity contribution < 1.29 is 0 Å². The normalized spacial score (nSPS) is 10.0. The minimum atomic E-state index is 0.513. The van der Waals surface area contributed by atoms with Gasteiger partial charge in [0.2, 0.25) is 5.95 Å². The molecule has 0 radical (unpaired) electrons. The second-order valence-corrected chi connectivity index (χ2v) is 5.01. The molecule has 0 amide bonds. The van der Waals surface area contributed by atoms with Gasteiger partial charge in [-0.1, -0.05) is 18.5 Å². The zero-order valence-corrected chi connectivity index (χ0v) is 12.7. The van der Waals surface area contributed by atoms with Crippen LogP contribution >= 0.6 is 11.6 Å². The van der Waals surface area contributed by atoms with Gasteiger partial charge in [0, 0.05) is 23.3 Å². The molecular weight excluding hydrogens is 286 g/mol. The highest BCUT2D eigenvalue weighted by atomic mass is 35.5. The van der Waals surface area contributed by atoms with E-state index in [1.54, 1.807) is 18.2 Å². The van der Waals surface area contributed by atoms with Crippen molar-refractivity contribution in [3.05, 3.63) is 40.5 Å². The first-order valence-corrected chi connectivity index (χ1v) is 7.06. The van der Waals surface area contributed by atoms with Crippen molar-refractivity contribution in [2.24, 2.45) is 0 Å². The summed E-state index contributed by atoms with van der Waals surface area (Å²) in [6.45, 7) is 4.78. The second-order valence-electron chi connectivity index (χ2n) is 4.57. The fourth-order valence-electron chi connectivity index (χ4n) is 1.80. The average molecular weight is 302 g/mol. The first-order valence-electron chi connectivity index (χ1n) is 6.68. The lowest BCUT2D eigenvalue weighted by atomic mass is 10.2. The SMILES string of the molecule is CCCNc1nc(C)cc(Nc2cc(Cl)ccc2C#N)n1. The van der Waals surface area contributed by atoms with Crippen molar-refractivity contribution in [3.8, 4) is 6.07 Å². The third-order valence-electron chi connectivity index (χ3n) is 2.75. The third-order valence-corrected chi connectivity index (χ3v) is 2.99. The van der Waals surface area contributed by atoms with Crippen molar-refractivity contribution in [1.82, 2.24) is 9.97 Å². The Bertz CT molecular complexity index is 678. The monoisotopic (exact) mass is 301 g/mol. The number of benzene rings is 1. The van der Waals surface area contributed by atoms with Gasteiger partial charge in [0.25, 0.3) is 0 Å². The zero-order chi connectivity index (χ0) is 15.2.